The molecule has 1 aromatic rings. The van der Waals surface area contributed by atoms with Crippen LogP contribution in [0.15, 0.2) is 18.3 Å². The van der Waals surface area contributed by atoms with Crippen molar-refractivity contribution >= 4 is 23.3 Å². The summed E-state index contributed by atoms with van der Waals surface area (Å²) in [6.45, 7) is 5.89. The van der Waals surface area contributed by atoms with Crippen molar-refractivity contribution < 1.29 is 4.79 Å². The van der Waals surface area contributed by atoms with Crippen LogP contribution in [0, 0.1) is 11.8 Å². The summed E-state index contributed by atoms with van der Waals surface area (Å²) >= 11 is 5.88. The predicted octanol–water partition coefficient (Wildman–Crippen LogP) is 2.97. The summed E-state index contributed by atoms with van der Waals surface area (Å²) in [5, 5.41) is 3.17. The van der Waals surface area contributed by atoms with Gasteiger partial charge in [-0.1, -0.05) is 32.4 Å². The fourth-order valence-electron chi connectivity index (χ4n) is 1.01. The minimum absolute atomic E-state index is 0.0504. The lowest BCUT2D eigenvalue weighted by atomic mass is 9.97. The van der Waals surface area contributed by atoms with Gasteiger partial charge in [0.1, 0.15) is 0 Å². The number of amides is 1. The highest BCUT2D eigenvalue weighted by molar-refractivity contribution is 6.33. The Balaban J connectivity index is 2.71. The van der Waals surface area contributed by atoms with E-state index in [-0.39, 0.29) is 11.8 Å². The molecule has 3 nitrogen and oxygen atoms in total. The van der Waals surface area contributed by atoms with E-state index in [4.69, 9.17) is 11.6 Å². The van der Waals surface area contributed by atoms with Gasteiger partial charge in [0.05, 0.1) is 5.02 Å². The Bertz CT molecular complexity index is 352. The molecule has 4 heteroatoms. The van der Waals surface area contributed by atoms with Crippen LogP contribution in [0.3, 0.4) is 0 Å². The molecule has 1 amide bonds. The summed E-state index contributed by atoms with van der Waals surface area (Å²) in [4.78, 5) is 15.7. The molecule has 1 heterocycles. The molecule has 0 aliphatic carbocycles. The van der Waals surface area contributed by atoms with Crippen molar-refractivity contribution in [3.8, 4) is 0 Å². The van der Waals surface area contributed by atoms with Crippen LogP contribution >= 0.6 is 11.6 Å². The zero-order valence-corrected chi connectivity index (χ0v) is 9.88. The number of pyridine rings is 1. The van der Waals surface area contributed by atoms with Crippen molar-refractivity contribution in [2.75, 3.05) is 5.32 Å². The number of hydrogen-bond acceptors (Lipinski definition) is 2. The normalized spacial score (nSPS) is 12.6. The molecular formula is C11H15ClN2O. The summed E-state index contributed by atoms with van der Waals surface area (Å²) in [7, 11) is 0. The van der Waals surface area contributed by atoms with E-state index in [1.54, 1.807) is 18.3 Å². The first-order valence-corrected chi connectivity index (χ1v) is 5.31. The number of nitrogens with zero attached hydrogens (tertiary/aromatic N) is 1. The highest BCUT2D eigenvalue weighted by Crippen LogP contribution is 2.19. The van der Waals surface area contributed by atoms with Crippen molar-refractivity contribution in [3.63, 3.8) is 0 Å². The smallest absolute Gasteiger partial charge is 0.228 e. The average molecular weight is 227 g/mol. The molecule has 0 saturated carbocycles. The Kier molecular flexibility index (Phi) is 4.09. The van der Waals surface area contributed by atoms with E-state index >= 15 is 0 Å². The van der Waals surface area contributed by atoms with Crippen molar-refractivity contribution in [1.82, 2.24) is 4.98 Å². The second-order valence-corrected chi connectivity index (χ2v) is 4.26. The first kappa shape index (κ1) is 12.0. The summed E-state index contributed by atoms with van der Waals surface area (Å²) in [6.07, 6.45) is 1.60. The van der Waals surface area contributed by atoms with Gasteiger partial charge in [-0.3, -0.25) is 4.79 Å². The minimum Gasteiger partial charge on any atom is -0.309 e. The fraction of sp³-hybridized carbons (Fsp3) is 0.455. The van der Waals surface area contributed by atoms with Crippen molar-refractivity contribution in [3.05, 3.63) is 23.4 Å². The topological polar surface area (TPSA) is 42.0 Å². The monoisotopic (exact) mass is 226 g/mol. The Morgan fingerprint density at radius 3 is 2.67 bits per heavy atom. The van der Waals surface area contributed by atoms with Gasteiger partial charge in [-0.2, -0.15) is 0 Å². The summed E-state index contributed by atoms with van der Waals surface area (Å²) in [6, 6.07) is 3.42. The molecule has 0 bridgehead atoms. The third kappa shape index (κ3) is 3.20. The highest BCUT2D eigenvalue weighted by Gasteiger charge is 2.17. The molecule has 0 aliphatic heterocycles. The van der Waals surface area contributed by atoms with Gasteiger partial charge in [-0.15, -0.1) is 0 Å². The van der Waals surface area contributed by atoms with Crippen LogP contribution in [-0.4, -0.2) is 10.9 Å². The van der Waals surface area contributed by atoms with Crippen LogP contribution in [0.25, 0.3) is 0 Å². The number of halogens is 1. The lowest BCUT2D eigenvalue weighted by Gasteiger charge is -2.15. The molecule has 1 unspecified atom stereocenters. The van der Waals surface area contributed by atoms with E-state index < -0.39 is 0 Å². The first-order valence-electron chi connectivity index (χ1n) is 4.93. The van der Waals surface area contributed by atoms with Crippen molar-refractivity contribution in [2.24, 2.45) is 11.8 Å². The molecule has 82 valence electrons. The maximum absolute atomic E-state index is 11.7. The SMILES string of the molecule is CC(C)C(C)C(=O)Nc1ncccc1Cl. The van der Waals surface area contributed by atoms with Crippen molar-refractivity contribution in [2.45, 2.75) is 20.8 Å². The zero-order valence-electron chi connectivity index (χ0n) is 9.12. The predicted molar refractivity (Wildman–Crippen MR) is 61.9 cm³/mol. The fourth-order valence-corrected chi connectivity index (χ4v) is 1.18. The molecule has 1 N–H and O–H groups in total. The number of hydrogen-bond donors (Lipinski definition) is 1. The van der Waals surface area contributed by atoms with E-state index in [2.05, 4.69) is 10.3 Å². The Morgan fingerprint density at radius 2 is 2.13 bits per heavy atom. The molecule has 0 saturated heterocycles. The van der Waals surface area contributed by atoms with Crippen LogP contribution in [-0.2, 0) is 4.79 Å². The van der Waals surface area contributed by atoms with Crippen LogP contribution in [0.5, 0.6) is 0 Å². The van der Waals surface area contributed by atoms with Gasteiger partial charge in [0.15, 0.2) is 5.82 Å². The van der Waals surface area contributed by atoms with E-state index in [0.717, 1.165) is 0 Å². The van der Waals surface area contributed by atoms with Gasteiger partial charge in [0.25, 0.3) is 0 Å². The molecule has 0 aromatic carbocycles. The molecular weight excluding hydrogens is 212 g/mol. The van der Waals surface area contributed by atoms with E-state index in [0.29, 0.717) is 16.8 Å². The van der Waals surface area contributed by atoms with Gasteiger partial charge >= 0.3 is 0 Å². The Morgan fingerprint density at radius 1 is 1.47 bits per heavy atom. The summed E-state index contributed by atoms with van der Waals surface area (Å²) in [5.41, 5.74) is 0. The number of carbonyl (C=O) groups excluding carboxylic acids is 1. The summed E-state index contributed by atoms with van der Waals surface area (Å²) < 4.78 is 0. The molecule has 1 atom stereocenters. The number of rotatable bonds is 3. The van der Waals surface area contributed by atoms with Crippen molar-refractivity contribution in [1.29, 1.82) is 0 Å². The molecule has 1 rings (SSSR count). The first-order chi connectivity index (χ1) is 7.02. The van der Waals surface area contributed by atoms with Gasteiger partial charge in [-0.25, -0.2) is 4.98 Å². The van der Waals surface area contributed by atoms with E-state index in [1.807, 2.05) is 20.8 Å². The van der Waals surface area contributed by atoms with Crippen LogP contribution in [0.4, 0.5) is 5.82 Å². The van der Waals surface area contributed by atoms with E-state index in [1.165, 1.54) is 0 Å². The molecule has 1 aromatic heterocycles. The maximum atomic E-state index is 11.7. The molecule has 0 fully saturated rings. The molecule has 0 spiro atoms. The lowest BCUT2D eigenvalue weighted by Crippen LogP contribution is -2.24. The van der Waals surface area contributed by atoms with E-state index in [9.17, 15) is 4.79 Å². The van der Waals surface area contributed by atoms with Gasteiger partial charge < -0.3 is 5.32 Å². The third-order valence-corrected chi connectivity index (χ3v) is 2.72. The number of nitrogens with one attached hydrogen (secondary N) is 1. The Labute approximate surface area is 94.9 Å². The minimum atomic E-state index is -0.0527. The largest absolute Gasteiger partial charge is 0.309 e. The second-order valence-electron chi connectivity index (χ2n) is 3.86. The van der Waals surface area contributed by atoms with Gasteiger partial charge in [0, 0.05) is 12.1 Å². The van der Waals surface area contributed by atoms with Crippen LogP contribution in [0.2, 0.25) is 5.02 Å². The number of carbonyl (C=O) groups is 1. The number of aromatic nitrogens is 1. The maximum Gasteiger partial charge on any atom is 0.228 e. The van der Waals surface area contributed by atoms with Crippen LogP contribution < -0.4 is 5.32 Å². The zero-order chi connectivity index (χ0) is 11.4. The molecule has 0 aliphatic rings. The molecule has 15 heavy (non-hydrogen) atoms. The van der Waals surface area contributed by atoms with Gasteiger partial charge in [0.2, 0.25) is 5.91 Å². The van der Waals surface area contributed by atoms with Crippen LogP contribution in [0.1, 0.15) is 20.8 Å². The second kappa shape index (κ2) is 5.12. The standard InChI is InChI=1S/C11H15ClN2O/c1-7(2)8(3)11(15)14-10-9(12)5-4-6-13-10/h4-8H,1-3H3,(H,13,14,15). The average Bonchev–Trinajstić information content (AvgIpc) is 2.20. The number of anilines is 1. The quantitative estimate of drug-likeness (QED) is 0.861. The Hall–Kier alpha value is -1.09. The lowest BCUT2D eigenvalue weighted by molar-refractivity contribution is -0.120. The summed E-state index contributed by atoms with van der Waals surface area (Å²) in [5.74, 6) is 0.623. The highest BCUT2D eigenvalue weighted by atomic mass is 35.5. The van der Waals surface area contributed by atoms with Gasteiger partial charge in [-0.05, 0) is 18.1 Å². The molecule has 0 radical (unpaired) electrons. The third-order valence-electron chi connectivity index (χ3n) is 2.41.